The number of rotatable bonds is 8. The summed E-state index contributed by atoms with van der Waals surface area (Å²) >= 11 is 6.28. The summed E-state index contributed by atoms with van der Waals surface area (Å²) in [6.45, 7) is 3.74. The van der Waals surface area contributed by atoms with Crippen molar-refractivity contribution in [1.29, 1.82) is 0 Å². The lowest BCUT2D eigenvalue weighted by Crippen LogP contribution is -2.38. The summed E-state index contributed by atoms with van der Waals surface area (Å²) in [4.78, 5) is 4.53. The highest BCUT2D eigenvalue weighted by molar-refractivity contribution is 14.0. The number of nitrogens with one attached hydrogen (secondary N) is 2. The molecule has 0 fully saturated rings. The van der Waals surface area contributed by atoms with Crippen LogP contribution in [0.4, 0.5) is 0 Å². The van der Waals surface area contributed by atoms with Gasteiger partial charge in [-0.15, -0.1) is 24.0 Å². The molecule has 2 aromatic carbocycles. The van der Waals surface area contributed by atoms with Gasteiger partial charge in [0.15, 0.2) is 17.5 Å². The zero-order valence-electron chi connectivity index (χ0n) is 16.3. The van der Waals surface area contributed by atoms with E-state index in [-0.39, 0.29) is 29.7 Å². The fourth-order valence-corrected chi connectivity index (χ4v) is 2.80. The number of methoxy groups -OCH3 is 2. The predicted molar refractivity (Wildman–Crippen MR) is 125 cm³/mol. The topological polar surface area (TPSA) is 75.1 Å². The number of aromatic hydroxyl groups is 1. The number of hydrogen-bond donors (Lipinski definition) is 3. The molecule has 28 heavy (non-hydrogen) atoms. The molecule has 0 saturated carbocycles. The van der Waals surface area contributed by atoms with E-state index in [1.165, 1.54) is 7.11 Å². The standard InChI is InChI=1S/C20H26ClN3O3.HI/c1-4-22-20(24-13-15-6-5-7-18(27-3)19(15)25)23-11-10-14-8-9-16(26-2)12-17(14)21;/h5-9,12,25H,4,10-11,13H2,1-3H3,(H2,22,23,24);1H. The number of para-hydroxylation sites is 1. The molecule has 0 bridgehead atoms. The number of phenols is 1. The first kappa shape index (κ1) is 24.2. The molecule has 6 nitrogen and oxygen atoms in total. The highest BCUT2D eigenvalue weighted by Gasteiger charge is 2.07. The predicted octanol–water partition coefficient (Wildman–Crippen LogP) is 3.98. The van der Waals surface area contributed by atoms with E-state index in [0.29, 0.717) is 35.4 Å². The monoisotopic (exact) mass is 519 g/mol. The van der Waals surface area contributed by atoms with Crippen molar-refractivity contribution < 1.29 is 14.6 Å². The van der Waals surface area contributed by atoms with E-state index in [4.69, 9.17) is 21.1 Å². The summed E-state index contributed by atoms with van der Waals surface area (Å²) in [6, 6.07) is 11.0. The molecular formula is C20H27ClIN3O3. The largest absolute Gasteiger partial charge is 0.504 e. The lowest BCUT2D eigenvalue weighted by Gasteiger charge is -2.13. The first-order valence-corrected chi connectivity index (χ1v) is 9.16. The summed E-state index contributed by atoms with van der Waals surface area (Å²) < 4.78 is 10.3. The minimum Gasteiger partial charge on any atom is -0.504 e. The van der Waals surface area contributed by atoms with Crippen LogP contribution in [0.3, 0.4) is 0 Å². The number of benzene rings is 2. The van der Waals surface area contributed by atoms with Gasteiger partial charge in [0, 0.05) is 23.7 Å². The molecule has 0 aromatic heterocycles. The van der Waals surface area contributed by atoms with Crippen molar-refractivity contribution in [2.45, 2.75) is 19.9 Å². The van der Waals surface area contributed by atoms with Gasteiger partial charge in [-0.25, -0.2) is 4.99 Å². The van der Waals surface area contributed by atoms with Gasteiger partial charge in [0.1, 0.15) is 5.75 Å². The third-order valence-electron chi connectivity index (χ3n) is 4.00. The van der Waals surface area contributed by atoms with E-state index >= 15 is 0 Å². The lowest BCUT2D eigenvalue weighted by atomic mass is 10.1. The molecule has 0 amide bonds. The van der Waals surface area contributed by atoms with Gasteiger partial charge in [-0.3, -0.25) is 0 Å². The SMILES string of the molecule is CCNC(=NCc1cccc(OC)c1O)NCCc1ccc(OC)cc1Cl.I. The minimum atomic E-state index is 0. The van der Waals surface area contributed by atoms with Crippen LogP contribution < -0.4 is 20.1 Å². The molecule has 0 aliphatic heterocycles. The number of hydrogen-bond acceptors (Lipinski definition) is 4. The normalized spacial score (nSPS) is 10.8. The fourth-order valence-electron chi connectivity index (χ4n) is 2.54. The van der Waals surface area contributed by atoms with Crippen LogP contribution in [-0.4, -0.2) is 38.4 Å². The quantitative estimate of drug-likeness (QED) is 0.280. The van der Waals surface area contributed by atoms with E-state index < -0.39 is 0 Å². The molecule has 154 valence electrons. The van der Waals surface area contributed by atoms with Crippen molar-refractivity contribution in [1.82, 2.24) is 10.6 Å². The molecule has 0 radical (unpaired) electrons. The van der Waals surface area contributed by atoms with Gasteiger partial charge in [-0.1, -0.05) is 29.8 Å². The van der Waals surface area contributed by atoms with Crippen LogP contribution in [0, 0.1) is 0 Å². The highest BCUT2D eigenvalue weighted by Crippen LogP contribution is 2.29. The molecule has 3 N–H and O–H groups in total. The number of halogens is 2. The Morgan fingerprint density at radius 1 is 1.11 bits per heavy atom. The van der Waals surface area contributed by atoms with Crippen molar-refractivity contribution >= 4 is 41.5 Å². The summed E-state index contributed by atoms with van der Waals surface area (Å²) in [5.74, 6) is 1.97. The van der Waals surface area contributed by atoms with Gasteiger partial charge in [0.25, 0.3) is 0 Å². The molecule has 8 heteroatoms. The molecule has 0 saturated heterocycles. The van der Waals surface area contributed by atoms with Crippen molar-refractivity contribution in [2.24, 2.45) is 4.99 Å². The molecule has 2 rings (SSSR count). The zero-order chi connectivity index (χ0) is 19.6. The van der Waals surface area contributed by atoms with Crippen molar-refractivity contribution in [2.75, 3.05) is 27.3 Å². The second kappa shape index (κ2) is 12.6. The maximum Gasteiger partial charge on any atom is 0.191 e. The van der Waals surface area contributed by atoms with E-state index in [9.17, 15) is 5.11 Å². The number of aliphatic imine (C=N–C) groups is 1. The van der Waals surface area contributed by atoms with Crippen LogP contribution in [0.25, 0.3) is 0 Å². The summed E-state index contributed by atoms with van der Waals surface area (Å²) in [5.41, 5.74) is 1.73. The number of phenolic OH excluding ortho intramolecular Hbond substituents is 1. The molecule has 2 aromatic rings. The highest BCUT2D eigenvalue weighted by atomic mass is 127. The average Bonchev–Trinajstić information content (AvgIpc) is 2.68. The first-order chi connectivity index (χ1) is 13.1. The fraction of sp³-hybridized carbons (Fsp3) is 0.350. The zero-order valence-corrected chi connectivity index (χ0v) is 19.4. The molecule has 0 atom stereocenters. The van der Waals surface area contributed by atoms with Crippen LogP contribution >= 0.6 is 35.6 Å². The van der Waals surface area contributed by atoms with Gasteiger partial charge in [0.2, 0.25) is 0 Å². The smallest absolute Gasteiger partial charge is 0.191 e. The molecule has 0 aliphatic rings. The minimum absolute atomic E-state index is 0. The van der Waals surface area contributed by atoms with Gasteiger partial charge in [0.05, 0.1) is 20.8 Å². The third-order valence-corrected chi connectivity index (χ3v) is 4.35. The van der Waals surface area contributed by atoms with Crippen LogP contribution in [0.2, 0.25) is 5.02 Å². The van der Waals surface area contributed by atoms with Gasteiger partial charge in [-0.05, 0) is 37.1 Å². The van der Waals surface area contributed by atoms with Gasteiger partial charge in [-0.2, -0.15) is 0 Å². The number of nitrogens with zero attached hydrogens (tertiary/aromatic N) is 1. The Bertz CT molecular complexity index is 787. The summed E-state index contributed by atoms with van der Waals surface area (Å²) in [7, 11) is 3.14. The molecule has 0 aliphatic carbocycles. The first-order valence-electron chi connectivity index (χ1n) is 8.78. The van der Waals surface area contributed by atoms with Crippen LogP contribution in [0.1, 0.15) is 18.1 Å². The van der Waals surface area contributed by atoms with Gasteiger partial charge < -0.3 is 25.2 Å². The lowest BCUT2D eigenvalue weighted by molar-refractivity contribution is 0.370. The Balaban J connectivity index is 0.00000392. The van der Waals surface area contributed by atoms with E-state index in [2.05, 4.69) is 15.6 Å². The van der Waals surface area contributed by atoms with Crippen LogP contribution in [-0.2, 0) is 13.0 Å². The Labute approximate surface area is 188 Å². The van der Waals surface area contributed by atoms with E-state index in [1.807, 2.05) is 37.3 Å². The molecule has 0 spiro atoms. The molecule has 0 unspecified atom stereocenters. The Morgan fingerprint density at radius 2 is 1.89 bits per heavy atom. The van der Waals surface area contributed by atoms with Crippen molar-refractivity contribution in [3.8, 4) is 17.2 Å². The van der Waals surface area contributed by atoms with E-state index in [0.717, 1.165) is 24.3 Å². The Kier molecular flexibility index (Phi) is 10.8. The Morgan fingerprint density at radius 3 is 2.54 bits per heavy atom. The maximum atomic E-state index is 10.2. The average molecular weight is 520 g/mol. The molecular weight excluding hydrogens is 493 g/mol. The van der Waals surface area contributed by atoms with Crippen molar-refractivity contribution in [3.05, 3.63) is 52.5 Å². The maximum absolute atomic E-state index is 10.2. The summed E-state index contributed by atoms with van der Waals surface area (Å²) in [6.07, 6.45) is 0.748. The van der Waals surface area contributed by atoms with E-state index in [1.54, 1.807) is 13.2 Å². The van der Waals surface area contributed by atoms with Crippen molar-refractivity contribution in [3.63, 3.8) is 0 Å². The van der Waals surface area contributed by atoms with Crippen LogP contribution in [0.5, 0.6) is 17.2 Å². The van der Waals surface area contributed by atoms with Gasteiger partial charge >= 0.3 is 0 Å². The molecule has 0 heterocycles. The number of ether oxygens (including phenoxy) is 2. The van der Waals surface area contributed by atoms with Crippen LogP contribution in [0.15, 0.2) is 41.4 Å². The second-order valence-electron chi connectivity index (χ2n) is 5.80. The summed E-state index contributed by atoms with van der Waals surface area (Å²) in [5, 5.41) is 17.3. The second-order valence-corrected chi connectivity index (χ2v) is 6.20. The third kappa shape index (κ3) is 6.94. The Hall–Kier alpha value is -1.87. The number of guanidine groups is 1.